The summed E-state index contributed by atoms with van der Waals surface area (Å²) >= 11 is 3.23. The van der Waals surface area contributed by atoms with E-state index in [0.717, 1.165) is 0 Å². The van der Waals surface area contributed by atoms with Crippen LogP contribution in [0.2, 0.25) is 0 Å². The topological polar surface area (TPSA) is 46.9 Å². The second-order valence-electron chi connectivity index (χ2n) is 5.89. The van der Waals surface area contributed by atoms with Crippen LogP contribution < -0.4 is 5.32 Å². The molecule has 0 saturated carbocycles. The van der Waals surface area contributed by atoms with Gasteiger partial charge in [0.15, 0.2) is 0 Å². The first-order valence-corrected chi connectivity index (χ1v) is 8.70. The van der Waals surface area contributed by atoms with Gasteiger partial charge in [-0.1, -0.05) is 15.9 Å². The first kappa shape index (κ1) is 18.3. The van der Waals surface area contributed by atoms with Crippen molar-refractivity contribution < 1.29 is 13.6 Å². The number of carbonyl (C=O) groups excluding carboxylic acids is 1. The summed E-state index contributed by atoms with van der Waals surface area (Å²) < 4.78 is 28.8. The minimum Gasteiger partial charge on any atom is -0.348 e. The van der Waals surface area contributed by atoms with Gasteiger partial charge in [0.25, 0.3) is 5.91 Å². The van der Waals surface area contributed by atoms with Crippen LogP contribution in [0.5, 0.6) is 0 Å². The first-order chi connectivity index (χ1) is 12.3. The third-order valence-corrected chi connectivity index (χ3v) is 4.42. The molecule has 2 aromatic carbocycles. The number of benzene rings is 2. The van der Waals surface area contributed by atoms with Crippen LogP contribution in [-0.2, 0) is 6.54 Å². The molecule has 0 radical (unpaired) electrons. The van der Waals surface area contributed by atoms with Gasteiger partial charge in [0.2, 0.25) is 0 Å². The molecule has 0 unspecified atom stereocenters. The summed E-state index contributed by atoms with van der Waals surface area (Å²) in [5, 5.41) is 7.17. The number of nitrogens with one attached hydrogen (secondary N) is 1. The monoisotopic (exact) mass is 419 g/mol. The molecule has 1 aromatic heterocycles. The molecule has 0 aliphatic carbocycles. The molecule has 26 heavy (non-hydrogen) atoms. The van der Waals surface area contributed by atoms with E-state index in [1.54, 1.807) is 36.7 Å². The number of halogens is 3. The van der Waals surface area contributed by atoms with E-state index in [4.69, 9.17) is 0 Å². The zero-order valence-electron chi connectivity index (χ0n) is 14.2. The molecule has 1 amide bonds. The second kappa shape index (κ2) is 7.37. The summed E-state index contributed by atoms with van der Waals surface area (Å²) in [7, 11) is 0. The highest BCUT2D eigenvalue weighted by molar-refractivity contribution is 9.10. The highest BCUT2D eigenvalue weighted by atomic mass is 79.9. The van der Waals surface area contributed by atoms with Crippen molar-refractivity contribution in [1.82, 2.24) is 15.1 Å². The molecule has 0 saturated heterocycles. The number of aryl methyl sites for hydroxylation is 1. The van der Waals surface area contributed by atoms with Crippen molar-refractivity contribution in [3.8, 4) is 5.69 Å². The standard InChI is InChI=1S/C19H16BrF2N3O/c1-11-18(12(2)25(24-11)17-5-3-15(21)4-6-17)19(26)23-10-13-7-14(20)9-16(22)8-13/h3-9H,10H2,1-2H3,(H,23,26). The van der Waals surface area contributed by atoms with Crippen molar-refractivity contribution in [1.29, 1.82) is 0 Å². The van der Waals surface area contributed by atoms with E-state index in [1.807, 2.05) is 0 Å². The Bertz CT molecular complexity index is 947. The summed E-state index contributed by atoms with van der Waals surface area (Å²) in [6.45, 7) is 3.70. The van der Waals surface area contributed by atoms with E-state index < -0.39 is 0 Å². The predicted octanol–water partition coefficient (Wildman–Crippen LogP) is 4.46. The van der Waals surface area contributed by atoms with E-state index >= 15 is 0 Å². The highest BCUT2D eigenvalue weighted by Gasteiger charge is 2.19. The lowest BCUT2D eigenvalue weighted by Crippen LogP contribution is -2.24. The average Bonchev–Trinajstić information content (AvgIpc) is 2.87. The van der Waals surface area contributed by atoms with Gasteiger partial charge >= 0.3 is 0 Å². The predicted molar refractivity (Wildman–Crippen MR) is 98.3 cm³/mol. The van der Waals surface area contributed by atoms with Crippen molar-refractivity contribution in [3.63, 3.8) is 0 Å². The molecule has 1 heterocycles. The Morgan fingerprint density at radius 3 is 2.46 bits per heavy atom. The molecule has 3 aromatic rings. The largest absolute Gasteiger partial charge is 0.348 e. The molecule has 134 valence electrons. The van der Waals surface area contributed by atoms with Gasteiger partial charge in [0.1, 0.15) is 11.6 Å². The van der Waals surface area contributed by atoms with E-state index in [0.29, 0.717) is 32.7 Å². The van der Waals surface area contributed by atoms with Crippen LogP contribution in [0.1, 0.15) is 27.3 Å². The van der Waals surface area contributed by atoms with Crippen LogP contribution in [0.25, 0.3) is 5.69 Å². The first-order valence-electron chi connectivity index (χ1n) is 7.90. The zero-order valence-corrected chi connectivity index (χ0v) is 15.8. The molecule has 7 heteroatoms. The lowest BCUT2D eigenvalue weighted by Gasteiger charge is -2.08. The minimum atomic E-state index is -0.375. The molecule has 0 spiro atoms. The Morgan fingerprint density at radius 1 is 1.12 bits per heavy atom. The van der Waals surface area contributed by atoms with E-state index in [9.17, 15) is 13.6 Å². The van der Waals surface area contributed by atoms with Crippen molar-refractivity contribution in [2.75, 3.05) is 0 Å². The lowest BCUT2D eigenvalue weighted by atomic mass is 10.1. The summed E-state index contributed by atoms with van der Waals surface area (Å²) in [5.41, 5.74) is 2.97. The average molecular weight is 420 g/mol. The zero-order chi connectivity index (χ0) is 18.8. The smallest absolute Gasteiger partial charge is 0.255 e. The Balaban J connectivity index is 1.82. The third kappa shape index (κ3) is 3.83. The molecule has 0 fully saturated rings. The molecular weight excluding hydrogens is 404 g/mol. The van der Waals surface area contributed by atoms with E-state index in [2.05, 4.69) is 26.3 Å². The number of hydrogen-bond donors (Lipinski definition) is 1. The van der Waals surface area contributed by atoms with Crippen LogP contribution in [0.15, 0.2) is 46.9 Å². The highest BCUT2D eigenvalue weighted by Crippen LogP contribution is 2.19. The fourth-order valence-electron chi connectivity index (χ4n) is 2.79. The van der Waals surface area contributed by atoms with Crippen LogP contribution in [0, 0.1) is 25.5 Å². The van der Waals surface area contributed by atoms with Gasteiger partial charge in [-0.25, -0.2) is 13.5 Å². The second-order valence-corrected chi connectivity index (χ2v) is 6.81. The van der Waals surface area contributed by atoms with Crippen LogP contribution in [0.3, 0.4) is 0 Å². The Morgan fingerprint density at radius 2 is 1.81 bits per heavy atom. The van der Waals surface area contributed by atoms with Gasteiger partial charge in [-0.15, -0.1) is 0 Å². The van der Waals surface area contributed by atoms with Crippen molar-refractivity contribution in [2.45, 2.75) is 20.4 Å². The number of nitrogens with zero attached hydrogens (tertiary/aromatic N) is 2. The van der Waals surface area contributed by atoms with Gasteiger partial charge in [0.05, 0.1) is 22.6 Å². The van der Waals surface area contributed by atoms with Gasteiger partial charge in [0, 0.05) is 11.0 Å². The van der Waals surface area contributed by atoms with Gasteiger partial charge < -0.3 is 5.32 Å². The van der Waals surface area contributed by atoms with Gasteiger partial charge in [-0.3, -0.25) is 4.79 Å². The van der Waals surface area contributed by atoms with Crippen molar-refractivity contribution >= 4 is 21.8 Å². The number of carbonyl (C=O) groups is 1. The Hall–Kier alpha value is -2.54. The molecule has 0 bridgehead atoms. The van der Waals surface area contributed by atoms with E-state index in [-0.39, 0.29) is 24.1 Å². The molecule has 4 nitrogen and oxygen atoms in total. The van der Waals surface area contributed by atoms with E-state index in [1.165, 1.54) is 24.3 Å². The van der Waals surface area contributed by atoms with Crippen LogP contribution in [-0.4, -0.2) is 15.7 Å². The number of amides is 1. The maximum Gasteiger partial charge on any atom is 0.255 e. The Kier molecular flexibility index (Phi) is 5.18. The number of aromatic nitrogens is 2. The molecule has 0 aliphatic heterocycles. The van der Waals surface area contributed by atoms with Crippen LogP contribution >= 0.6 is 15.9 Å². The molecule has 0 aliphatic rings. The maximum atomic E-state index is 13.4. The molecule has 1 N–H and O–H groups in total. The minimum absolute atomic E-state index is 0.190. The summed E-state index contributed by atoms with van der Waals surface area (Å²) in [4.78, 5) is 12.6. The van der Waals surface area contributed by atoms with Gasteiger partial charge in [-0.2, -0.15) is 5.10 Å². The SMILES string of the molecule is Cc1nn(-c2ccc(F)cc2)c(C)c1C(=O)NCc1cc(F)cc(Br)c1. The maximum absolute atomic E-state index is 13.4. The third-order valence-electron chi connectivity index (χ3n) is 3.96. The quantitative estimate of drug-likeness (QED) is 0.678. The summed E-state index contributed by atoms with van der Waals surface area (Å²) in [6, 6.07) is 10.3. The van der Waals surface area contributed by atoms with Crippen LogP contribution in [0.4, 0.5) is 8.78 Å². The molecule has 0 atom stereocenters. The fraction of sp³-hybridized carbons (Fsp3) is 0.158. The number of hydrogen-bond acceptors (Lipinski definition) is 2. The summed E-state index contributed by atoms with van der Waals surface area (Å²) in [6.07, 6.45) is 0. The summed E-state index contributed by atoms with van der Waals surface area (Å²) in [5.74, 6) is -1.01. The Labute approximate surface area is 158 Å². The lowest BCUT2D eigenvalue weighted by molar-refractivity contribution is 0.0949. The fourth-order valence-corrected chi connectivity index (χ4v) is 3.30. The number of rotatable bonds is 4. The normalized spacial score (nSPS) is 10.8. The van der Waals surface area contributed by atoms with Crippen molar-refractivity contribution in [2.24, 2.45) is 0 Å². The molecular formula is C19H16BrF2N3O. The van der Waals surface area contributed by atoms with Gasteiger partial charge in [-0.05, 0) is 61.9 Å². The van der Waals surface area contributed by atoms with Crippen molar-refractivity contribution in [3.05, 3.63) is 81.1 Å². The molecule has 3 rings (SSSR count).